The fourth-order valence-corrected chi connectivity index (χ4v) is 11.1. The molecule has 0 amide bonds. The highest BCUT2D eigenvalue weighted by atomic mass is 32.1. The Morgan fingerprint density at radius 2 is 1.30 bits per heavy atom. The molecule has 4 aromatic carbocycles. The third-order valence-corrected chi connectivity index (χ3v) is 13.2. The Kier molecular flexibility index (Phi) is 8.88. The van der Waals surface area contributed by atoms with E-state index in [0.29, 0.717) is 21.5 Å². The Morgan fingerprint density at radius 1 is 0.787 bits per heavy atom. The molecule has 0 saturated carbocycles. The fourth-order valence-electron chi connectivity index (χ4n) is 6.29. The highest BCUT2D eigenvalue weighted by molar-refractivity contribution is 7.87. The summed E-state index contributed by atoms with van der Waals surface area (Å²) >= 11 is 1.29. The van der Waals surface area contributed by atoms with Crippen molar-refractivity contribution < 1.29 is 9.53 Å². The zero-order valence-electron chi connectivity index (χ0n) is 26.2. The Labute approximate surface area is 278 Å². The molecule has 0 radical (unpaired) electrons. The minimum Gasteiger partial charge on any atom is -0.462 e. The van der Waals surface area contributed by atoms with Crippen LogP contribution in [0.25, 0.3) is 15.9 Å². The highest BCUT2D eigenvalue weighted by Crippen LogP contribution is 2.52. The van der Waals surface area contributed by atoms with Gasteiger partial charge in [0.05, 0.1) is 24.7 Å². The lowest BCUT2D eigenvalue weighted by molar-refractivity contribution is 0.0530. The maximum atomic E-state index is 14.8. The number of hydrogen-bond acceptors (Lipinski definition) is 7. The van der Waals surface area contributed by atoms with Crippen molar-refractivity contribution in [3.8, 4) is 5.69 Å². The monoisotopic (exact) mass is 658 g/mol. The molecule has 6 aromatic rings. The number of anilines is 1. The molecular formula is C38H35N4O3PS. The van der Waals surface area contributed by atoms with Gasteiger partial charge >= 0.3 is 5.97 Å². The van der Waals surface area contributed by atoms with Crippen LogP contribution in [0.1, 0.15) is 36.5 Å². The van der Waals surface area contributed by atoms with Crippen molar-refractivity contribution in [3.63, 3.8) is 0 Å². The van der Waals surface area contributed by atoms with Crippen molar-refractivity contribution in [3.05, 3.63) is 137 Å². The maximum absolute atomic E-state index is 14.8. The van der Waals surface area contributed by atoms with Gasteiger partial charge in [0.2, 0.25) is 5.95 Å². The number of nitrogens with zero attached hydrogens (tertiary/aromatic N) is 4. The first-order valence-corrected chi connectivity index (χ1v) is 18.5. The Balaban J connectivity index is 1.62. The van der Waals surface area contributed by atoms with Gasteiger partial charge in [-0.15, -0.1) is 0 Å². The van der Waals surface area contributed by atoms with E-state index in [-0.39, 0.29) is 23.1 Å². The first-order valence-electron chi connectivity index (χ1n) is 16.0. The number of piperidine rings is 1. The molecule has 0 spiro atoms. The summed E-state index contributed by atoms with van der Waals surface area (Å²) in [5.41, 5.74) is 0.573. The van der Waals surface area contributed by atoms with E-state index in [1.165, 1.54) is 11.3 Å². The summed E-state index contributed by atoms with van der Waals surface area (Å²) in [4.78, 5) is 36.6. The van der Waals surface area contributed by atoms with Gasteiger partial charge in [-0.1, -0.05) is 121 Å². The Morgan fingerprint density at radius 3 is 1.81 bits per heavy atom. The van der Waals surface area contributed by atoms with Crippen LogP contribution in [-0.4, -0.2) is 35.2 Å². The molecule has 0 aliphatic carbocycles. The third kappa shape index (κ3) is 5.73. The molecule has 2 aromatic heterocycles. The van der Waals surface area contributed by atoms with Crippen LogP contribution in [0.2, 0.25) is 0 Å². The van der Waals surface area contributed by atoms with Crippen LogP contribution >= 0.6 is 18.4 Å². The first kappa shape index (κ1) is 30.9. The van der Waals surface area contributed by atoms with E-state index in [4.69, 9.17) is 14.5 Å². The molecule has 0 bridgehead atoms. The summed E-state index contributed by atoms with van der Waals surface area (Å²) < 4.78 is 13.0. The number of benzene rings is 4. The standard InChI is InChI=1S/C38H35N4O3PS/c1-2-45-37(44)33-32-34(39-38(41-26-16-7-17-27-41)42(36(32)43)28-18-8-3-9-19-28)47-35(33)40-46(29-20-10-4-11-21-29,30-22-12-5-13-23-30)31-24-14-6-15-25-31/h3-6,8-15,18-25H,2,7,16-17,26-27H2,1H3. The molecule has 7 rings (SSSR count). The molecule has 1 aliphatic rings. The number of carbonyl (C=O) groups excluding carboxylic acids is 1. The van der Waals surface area contributed by atoms with Crippen LogP contribution in [0.4, 0.5) is 10.9 Å². The number of fused-ring (bicyclic) bond motifs is 1. The van der Waals surface area contributed by atoms with Crippen LogP contribution in [0.15, 0.2) is 131 Å². The average molecular weight is 659 g/mol. The molecule has 0 N–H and O–H groups in total. The van der Waals surface area contributed by atoms with Gasteiger partial charge < -0.3 is 9.64 Å². The van der Waals surface area contributed by atoms with Crippen LogP contribution < -0.4 is 26.4 Å². The lowest BCUT2D eigenvalue weighted by atomic mass is 10.1. The van der Waals surface area contributed by atoms with Crippen molar-refractivity contribution in [2.24, 2.45) is 4.74 Å². The lowest BCUT2D eigenvalue weighted by Crippen LogP contribution is -2.36. The van der Waals surface area contributed by atoms with E-state index < -0.39 is 13.0 Å². The molecule has 7 nitrogen and oxygen atoms in total. The van der Waals surface area contributed by atoms with Gasteiger partial charge in [-0.3, -0.25) is 4.79 Å². The Bertz CT molecular complexity index is 2020. The van der Waals surface area contributed by atoms with E-state index in [0.717, 1.165) is 48.3 Å². The molecule has 47 heavy (non-hydrogen) atoms. The molecule has 1 fully saturated rings. The molecule has 236 valence electrons. The third-order valence-electron chi connectivity index (χ3n) is 8.45. The summed E-state index contributed by atoms with van der Waals surface area (Å²) in [6.45, 7) is 3.55. The van der Waals surface area contributed by atoms with Crippen molar-refractivity contribution in [1.29, 1.82) is 0 Å². The zero-order chi connectivity index (χ0) is 32.2. The number of para-hydroxylation sites is 1. The number of aromatic nitrogens is 2. The number of rotatable bonds is 8. The van der Waals surface area contributed by atoms with E-state index in [2.05, 4.69) is 41.3 Å². The van der Waals surface area contributed by atoms with E-state index in [1.807, 2.05) is 84.9 Å². The van der Waals surface area contributed by atoms with Gasteiger partial charge in [0.15, 0.2) is 0 Å². The Hall–Kier alpha value is -4.78. The smallest absolute Gasteiger partial charge is 0.342 e. The van der Waals surface area contributed by atoms with Crippen molar-refractivity contribution in [2.75, 3.05) is 24.6 Å². The summed E-state index contributed by atoms with van der Waals surface area (Å²) in [7, 11) is -2.76. The number of thiophene rings is 1. The van der Waals surface area contributed by atoms with Gasteiger partial charge in [0, 0.05) is 29.0 Å². The first-order chi connectivity index (χ1) is 23.1. The second kappa shape index (κ2) is 13.5. The molecule has 3 heterocycles. The van der Waals surface area contributed by atoms with Gasteiger partial charge in [-0.2, -0.15) is 0 Å². The van der Waals surface area contributed by atoms with E-state index >= 15 is 0 Å². The van der Waals surface area contributed by atoms with E-state index in [1.54, 1.807) is 11.5 Å². The maximum Gasteiger partial charge on any atom is 0.342 e. The summed E-state index contributed by atoms with van der Waals surface area (Å²) in [5, 5.41) is 3.79. The second-order valence-electron chi connectivity index (χ2n) is 11.4. The molecule has 1 aliphatic heterocycles. The molecule has 1 saturated heterocycles. The van der Waals surface area contributed by atoms with Gasteiger partial charge in [0.1, 0.15) is 15.4 Å². The minimum atomic E-state index is -2.76. The summed E-state index contributed by atoms with van der Waals surface area (Å²) in [6.07, 6.45) is 3.20. The predicted octanol–water partition coefficient (Wildman–Crippen LogP) is 7.42. The van der Waals surface area contributed by atoms with Crippen LogP contribution in [0, 0.1) is 0 Å². The fraction of sp³-hybridized carbons (Fsp3) is 0.184. The van der Waals surface area contributed by atoms with Crippen LogP contribution in [-0.2, 0) is 4.74 Å². The number of hydrogen-bond donors (Lipinski definition) is 0. The van der Waals surface area contributed by atoms with Crippen LogP contribution in [0.5, 0.6) is 0 Å². The van der Waals surface area contributed by atoms with Gasteiger partial charge in [-0.25, -0.2) is 19.1 Å². The summed E-state index contributed by atoms with van der Waals surface area (Å²) in [5.74, 6) is 0.0147. The van der Waals surface area contributed by atoms with Crippen LogP contribution in [0.3, 0.4) is 0 Å². The average Bonchev–Trinajstić information content (AvgIpc) is 3.51. The topological polar surface area (TPSA) is 76.8 Å². The van der Waals surface area contributed by atoms with Crippen molar-refractivity contribution in [2.45, 2.75) is 26.2 Å². The molecule has 0 unspecified atom stereocenters. The zero-order valence-corrected chi connectivity index (χ0v) is 27.9. The molecular weight excluding hydrogens is 623 g/mol. The highest BCUT2D eigenvalue weighted by Gasteiger charge is 2.32. The predicted molar refractivity (Wildman–Crippen MR) is 194 cm³/mol. The SMILES string of the molecule is CCOC(=O)c1c(N=P(c2ccccc2)(c2ccccc2)c2ccccc2)sc2nc(N3CCCCC3)n(-c3ccccc3)c(=O)c12. The summed E-state index contributed by atoms with van der Waals surface area (Å²) in [6, 6.07) is 40.3. The number of carbonyl (C=O) groups is 1. The normalized spacial score (nSPS) is 13.4. The quantitative estimate of drug-likeness (QED) is 0.126. The molecule has 0 atom stereocenters. The van der Waals surface area contributed by atoms with E-state index in [9.17, 15) is 9.59 Å². The number of esters is 1. The largest absolute Gasteiger partial charge is 0.462 e. The van der Waals surface area contributed by atoms with Crippen molar-refractivity contribution in [1.82, 2.24) is 9.55 Å². The molecule has 9 heteroatoms. The number of ether oxygens (including phenoxy) is 1. The lowest BCUT2D eigenvalue weighted by Gasteiger charge is -2.29. The van der Waals surface area contributed by atoms with Gasteiger partial charge in [-0.05, 0) is 38.3 Å². The minimum absolute atomic E-state index is 0.165. The van der Waals surface area contributed by atoms with Crippen molar-refractivity contribution >= 4 is 61.4 Å². The second-order valence-corrected chi connectivity index (χ2v) is 15.4. The van der Waals surface area contributed by atoms with Gasteiger partial charge in [0.25, 0.3) is 5.56 Å².